The number of para-hydroxylation sites is 1. The van der Waals surface area contributed by atoms with Crippen molar-refractivity contribution in [2.45, 2.75) is 51.1 Å². The Bertz CT molecular complexity index is 1220. The monoisotopic (exact) mass is 529 g/mol. The minimum absolute atomic E-state index is 0.00621. The van der Waals surface area contributed by atoms with Crippen molar-refractivity contribution in [3.05, 3.63) is 41.6 Å². The summed E-state index contributed by atoms with van der Waals surface area (Å²) in [6.45, 7) is 0.862. The molecule has 1 amide bonds. The second-order valence-electron chi connectivity index (χ2n) is 10.8. The fourth-order valence-corrected chi connectivity index (χ4v) is 6.96. The SMILES string of the molecule is N#Cc1cnc(NCc2ccccc2OC(F)(F)F)nc1NCC12CC3C[C@H](C1)C(NCC(N)=O)[C@@H](C3)C2. The Balaban J connectivity index is 1.25. The van der Waals surface area contributed by atoms with Gasteiger partial charge in [-0.15, -0.1) is 13.2 Å². The van der Waals surface area contributed by atoms with E-state index in [0.29, 0.717) is 47.3 Å². The van der Waals surface area contributed by atoms with Crippen LogP contribution < -0.4 is 26.4 Å². The van der Waals surface area contributed by atoms with Crippen molar-refractivity contribution in [1.82, 2.24) is 15.3 Å². The third-order valence-electron chi connectivity index (χ3n) is 8.09. The lowest BCUT2D eigenvalue weighted by Crippen LogP contribution is -2.60. The number of anilines is 2. The van der Waals surface area contributed by atoms with E-state index in [9.17, 15) is 23.2 Å². The quantitative estimate of drug-likeness (QED) is 0.367. The van der Waals surface area contributed by atoms with Crippen LogP contribution >= 0.6 is 0 Å². The number of rotatable bonds is 10. The molecule has 0 aliphatic heterocycles. The molecule has 1 heterocycles. The van der Waals surface area contributed by atoms with E-state index in [-0.39, 0.29) is 36.1 Å². The molecular formula is C26H30F3N7O2. The lowest BCUT2D eigenvalue weighted by Gasteiger charge is -2.60. The van der Waals surface area contributed by atoms with Crippen molar-refractivity contribution < 1.29 is 22.7 Å². The zero-order valence-electron chi connectivity index (χ0n) is 20.7. The minimum atomic E-state index is -4.80. The van der Waals surface area contributed by atoms with Crippen LogP contribution in [-0.4, -0.2) is 41.4 Å². The van der Waals surface area contributed by atoms with Gasteiger partial charge in [-0.3, -0.25) is 4.79 Å². The van der Waals surface area contributed by atoms with Gasteiger partial charge in [-0.1, -0.05) is 18.2 Å². The topological polar surface area (TPSA) is 138 Å². The number of alkyl halides is 3. The van der Waals surface area contributed by atoms with E-state index in [1.165, 1.54) is 24.4 Å². The van der Waals surface area contributed by atoms with E-state index in [4.69, 9.17) is 5.73 Å². The molecule has 12 heteroatoms. The second kappa shape index (κ2) is 10.3. The van der Waals surface area contributed by atoms with Crippen LogP contribution in [0, 0.1) is 34.5 Å². The Morgan fingerprint density at radius 3 is 2.61 bits per heavy atom. The number of aromatic nitrogens is 2. The molecule has 6 rings (SSSR count). The summed E-state index contributed by atoms with van der Waals surface area (Å²) in [6.07, 6.45) is 2.07. The highest BCUT2D eigenvalue weighted by Gasteiger charge is 2.55. The summed E-state index contributed by atoms with van der Waals surface area (Å²) < 4.78 is 42.3. The van der Waals surface area contributed by atoms with Crippen molar-refractivity contribution in [3.8, 4) is 11.8 Å². The molecule has 0 saturated heterocycles. The van der Waals surface area contributed by atoms with Gasteiger partial charge < -0.3 is 26.4 Å². The molecule has 1 aromatic carbocycles. The van der Waals surface area contributed by atoms with Crippen LogP contribution in [0.1, 0.15) is 43.2 Å². The largest absolute Gasteiger partial charge is 0.573 e. The number of halogens is 3. The molecule has 0 radical (unpaired) electrons. The first-order valence-electron chi connectivity index (χ1n) is 12.7. The van der Waals surface area contributed by atoms with Gasteiger partial charge in [0, 0.05) is 24.7 Å². The number of primary amides is 1. The van der Waals surface area contributed by atoms with Gasteiger partial charge in [0.25, 0.3) is 0 Å². The molecule has 3 unspecified atom stereocenters. The van der Waals surface area contributed by atoms with E-state index in [1.54, 1.807) is 6.07 Å². The Kier molecular flexibility index (Phi) is 7.05. The lowest BCUT2D eigenvalue weighted by molar-refractivity contribution is -0.274. The Morgan fingerprint density at radius 2 is 1.92 bits per heavy atom. The number of benzene rings is 1. The van der Waals surface area contributed by atoms with Gasteiger partial charge in [0.15, 0.2) is 0 Å². The van der Waals surface area contributed by atoms with Crippen molar-refractivity contribution in [2.24, 2.45) is 28.9 Å². The Labute approximate surface area is 218 Å². The van der Waals surface area contributed by atoms with Gasteiger partial charge in [0.2, 0.25) is 11.9 Å². The number of nitrogens with one attached hydrogen (secondary N) is 3. The number of nitriles is 1. The van der Waals surface area contributed by atoms with Crippen LogP contribution in [0.5, 0.6) is 5.75 Å². The smallest absolute Gasteiger partial charge is 0.405 e. The molecule has 4 aliphatic rings. The predicted octanol–water partition coefficient (Wildman–Crippen LogP) is 3.54. The molecule has 5 atom stereocenters. The van der Waals surface area contributed by atoms with Crippen LogP contribution in [0.2, 0.25) is 0 Å². The van der Waals surface area contributed by atoms with Gasteiger partial charge in [0.05, 0.1) is 12.7 Å². The third-order valence-corrected chi connectivity index (χ3v) is 8.09. The molecule has 4 saturated carbocycles. The highest BCUT2D eigenvalue weighted by molar-refractivity contribution is 5.75. The van der Waals surface area contributed by atoms with Crippen molar-refractivity contribution in [3.63, 3.8) is 0 Å². The molecule has 4 fully saturated rings. The molecule has 4 aliphatic carbocycles. The van der Waals surface area contributed by atoms with Crippen LogP contribution in [0.25, 0.3) is 0 Å². The maximum atomic E-state index is 12.7. The fourth-order valence-electron chi connectivity index (χ4n) is 6.96. The first-order valence-corrected chi connectivity index (χ1v) is 12.7. The average molecular weight is 530 g/mol. The van der Waals surface area contributed by atoms with E-state index in [2.05, 4.69) is 36.7 Å². The summed E-state index contributed by atoms with van der Waals surface area (Å²) in [5, 5.41) is 19.3. The number of hydrogen-bond acceptors (Lipinski definition) is 8. The summed E-state index contributed by atoms with van der Waals surface area (Å²) in [6, 6.07) is 8.27. The number of hydrogen-bond donors (Lipinski definition) is 4. The van der Waals surface area contributed by atoms with Crippen LogP contribution in [0.3, 0.4) is 0 Å². The number of nitrogens with zero attached hydrogens (tertiary/aromatic N) is 3. The maximum absolute atomic E-state index is 12.7. The van der Waals surface area contributed by atoms with Crippen LogP contribution in [0.4, 0.5) is 24.9 Å². The molecule has 0 spiro atoms. The van der Waals surface area contributed by atoms with E-state index in [0.717, 1.165) is 32.1 Å². The van der Waals surface area contributed by atoms with Gasteiger partial charge in [-0.25, -0.2) is 4.98 Å². The molecule has 5 N–H and O–H groups in total. The molecule has 202 valence electrons. The maximum Gasteiger partial charge on any atom is 0.573 e. The van der Waals surface area contributed by atoms with Gasteiger partial charge in [-0.2, -0.15) is 10.2 Å². The molecular weight excluding hydrogens is 499 g/mol. The van der Waals surface area contributed by atoms with Crippen LogP contribution in [0.15, 0.2) is 30.5 Å². The minimum Gasteiger partial charge on any atom is -0.405 e. The lowest BCUT2D eigenvalue weighted by atomic mass is 9.48. The highest BCUT2D eigenvalue weighted by Crippen LogP contribution is 2.60. The number of amides is 1. The predicted molar refractivity (Wildman–Crippen MR) is 133 cm³/mol. The number of ether oxygens (including phenoxy) is 1. The summed E-state index contributed by atoms with van der Waals surface area (Å²) in [5.74, 6) is 1.56. The van der Waals surface area contributed by atoms with Gasteiger partial charge >= 0.3 is 6.36 Å². The number of carbonyl (C=O) groups is 1. The zero-order valence-corrected chi connectivity index (χ0v) is 20.7. The first kappa shape index (κ1) is 26.0. The van der Waals surface area contributed by atoms with Crippen molar-refractivity contribution in [1.29, 1.82) is 5.26 Å². The zero-order chi connectivity index (χ0) is 26.9. The highest BCUT2D eigenvalue weighted by atomic mass is 19.4. The molecule has 1 aromatic heterocycles. The normalized spacial score (nSPS) is 27.5. The molecule has 9 nitrogen and oxygen atoms in total. The van der Waals surface area contributed by atoms with Crippen LogP contribution in [-0.2, 0) is 11.3 Å². The average Bonchev–Trinajstić information content (AvgIpc) is 2.85. The summed E-state index contributed by atoms with van der Waals surface area (Å²) in [4.78, 5) is 19.9. The second-order valence-corrected chi connectivity index (χ2v) is 10.8. The van der Waals surface area contributed by atoms with E-state index in [1.807, 2.05) is 0 Å². The Morgan fingerprint density at radius 1 is 1.18 bits per heavy atom. The third kappa shape index (κ3) is 5.78. The van der Waals surface area contributed by atoms with Crippen molar-refractivity contribution in [2.75, 3.05) is 23.7 Å². The fraction of sp³-hybridized carbons (Fsp3) is 0.538. The first-order chi connectivity index (χ1) is 18.1. The summed E-state index contributed by atoms with van der Waals surface area (Å²) >= 11 is 0. The van der Waals surface area contributed by atoms with Crippen molar-refractivity contribution >= 4 is 17.7 Å². The standard InChI is InChI=1S/C26H30F3N7O2/c27-26(28,29)38-20-4-2-1-3-16(20)11-33-24-34-12-19(10-30)23(36-24)35-14-25-7-15-5-17(8-25)22(18(6-15)9-25)32-13-21(31)37/h1-4,12,15,17-18,22,32H,5-9,11,13-14H2,(H2,31,37)(H2,33,34,35,36)/t15?,17-,18+,22?,25?. The number of carbonyl (C=O) groups excluding carboxylic acids is 1. The Hall–Kier alpha value is -3.59. The molecule has 38 heavy (non-hydrogen) atoms. The number of nitrogens with two attached hydrogens (primary N) is 1. The van der Waals surface area contributed by atoms with E-state index >= 15 is 0 Å². The van der Waals surface area contributed by atoms with E-state index < -0.39 is 6.36 Å². The van der Waals surface area contributed by atoms with Gasteiger partial charge in [0.1, 0.15) is 23.2 Å². The molecule has 4 bridgehead atoms. The summed E-state index contributed by atoms with van der Waals surface area (Å²) in [7, 11) is 0. The molecule has 2 aromatic rings. The van der Waals surface area contributed by atoms with Gasteiger partial charge in [-0.05, 0) is 61.3 Å². The summed E-state index contributed by atoms with van der Waals surface area (Å²) in [5.41, 5.74) is 6.02.